The first-order chi connectivity index (χ1) is 9.55. The van der Waals surface area contributed by atoms with Gasteiger partial charge in [-0.2, -0.15) is 0 Å². The Balaban J connectivity index is 1.97. The van der Waals surface area contributed by atoms with E-state index in [1.54, 1.807) is 4.90 Å². The number of carbonyl (C=O) groups is 2. The lowest BCUT2D eigenvalue weighted by molar-refractivity contribution is -0.870. The second-order valence-electron chi connectivity index (χ2n) is 8.84. The van der Waals surface area contributed by atoms with E-state index in [4.69, 9.17) is 0 Å². The van der Waals surface area contributed by atoms with E-state index < -0.39 is 8.07 Å². The number of nitrogens with zero attached hydrogens (tertiary/aromatic N) is 2. The highest BCUT2D eigenvalue weighted by atomic mass is 28.3. The molecule has 0 aromatic heterocycles. The number of quaternary nitrogens is 1. The number of hydrogen-bond donors (Lipinski definition) is 0. The zero-order valence-corrected chi connectivity index (χ0v) is 15.4. The summed E-state index contributed by atoms with van der Waals surface area (Å²) in [6.45, 7) is 6.40. The molecule has 2 rings (SSSR count). The quantitative estimate of drug-likeness (QED) is 0.454. The van der Waals surface area contributed by atoms with Crippen LogP contribution < -0.4 is 0 Å². The molecule has 120 valence electrons. The van der Waals surface area contributed by atoms with Crippen molar-refractivity contribution >= 4 is 19.9 Å². The Morgan fingerprint density at radius 2 is 1.71 bits per heavy atom. The van der Waals surface area contributed by atoms with Crippen LogP contribution in [0, 0.1) is 5.41 Å². The number of carbonyl (C=O) groups excluding carboxylic acids is 2. The lowest BCUT2D eigenvalue weighted by Gasteiger charge is -2.38. The normalized spacial score (nSPS) is 24.9. The summed E-state index contributed by atoms with van der Waals surface area (Å²) in [5.41, 5.74) is -0.323. The predicted octanol–water partition coefficient (Wildman–Crippen LogP) is 2.33. The second kappa shape index (κ2) is 5.50. The van der Waals surface area contributed by atoms with Gasteiger partial charge in [0.1, 0.15) is 0 Å². The molecule has 4 nitrogen and oxygen atoms in total. The molecule has 2 amide bonds. The fourth-order valence-electron chi connectivity index (χ4n) is 3.59. The monoisotopic (exact) mass is 311 g/mol. The maximum Gasteiger partial charge on any atom is 0.235 e. The first kappa shape index (κ1) is 16.7. The molecule has 2 aliphatic rings. The second-order valence-corrected chi connectivity index (χ2v) is 14.2. The first-order valence-electron chi connectivity index (χ1n) is 8.20. The van der Waals surface area contributed by atoms with Crippen molar-refractivity contribution in [1.29, 1.82) is 0 Å². The van der Waals surface area contributed by atoms with Gasteiger partial charge in [-0.3, -0.25) is 14.5 Å². The number of hydrogen-bond acceptors (Lipinski definition) is 2. The zero-order chi connectivity index (χ0) is 15.9. The molecule has 0 N–H and O–H groups in total. The van der Waals surface area contributed by atoms with E-state index in [0.29, 0.717) is 13.0 Å². The van der Waals surface area contributed by atoms with Gasteiger partial charge in [-0.25, -0.2) is 0 Å². The molecule has 0 aromatic carbocycles. The maximum absolute atomic E-state index is 12.8. The van der Waals surface area contributed by atoms with Gasteiger partial charge in [0.05, 0.1) is 33.1 Å². The van der Waals surface area contributed by atoms with Crippen LogP contribution in [0.5, 0.6) is 0 Å². The number of rotatable bonds is 4. The maximum atomic E-state index is 12.8. The summed E-state index contributed by atoms with van der Waals surface area (Å²) in [6.07, 6.45) is 3.27. The average molecular weight is 312 g/mol. The van der Waals surface area contributed by atoms with Crippen molar-refractivity contribution in [3.8, 4) is 0 Å². The van der Waals surface area contributed by atoms with Gasteiger partial charge in [0.25, 0.3) is 0 Å². The Hall–Kier alpha value is -0.683. The topological polar surface area (TPSA) is 37.4 Å². The van der Waals surface area contributed by atoms with Crippen molar-refractivity contribution in [2.45, 2.75) is 50.9 Å². The van der Waals surface area contributed by atoms with Crippen molar-refractivity contribution < 1.29 is 14.1 Å². The molecule has 1 spiro atoms. The van der Waals surface area contributed by atoms with E-state index in [2.05, 4.69) is 34.2 Å². The largest absolute Gasteiger partial charge is 0.331 e. The predicted molar refractivity (Wildman–Crippen MR) is 87.6 cm³/mol. The number of likely N-dealkylation sites (tertiary alicyclic amines) is 1. The molecule has 0 bridgehead atoms. The van der Waals surface area contributed by atoms with Gasteiger partial charge in [-0.1, -0.05) is 25.2 Å². The van der Waals surface area contributed by atoms with Gasteiger partial charge in [0.2, 0.25) is 11.8 Å². The fourth-order valence-corrected chi connectivity index (χ4v) is 6.15. The highest BCUT2D eigenvalue weighted by Crippen LogP contribution is 2.48. The van der Waals surface area contributed by atoms with E-state index in [1.165, 1.54) is 12.1 Å². The summed E-state index contributed by atoms with van der Waals surface area (Å²) in [5.74, 6) is 0.209. The fraction of sp³-hybridized carbons (Fsp3) is 0.875. The Kier molecular flexibility index (Phi) is 4.37. The minimum absolute atomic E-state index is 0.0720. The molecule has 5 heteroatoms. The van der Waals surface area contributed by atoms with Crippen LogP contribution in [0.3, 0.4) is 0 Å². The minimum atomic E-state index is -1.09. The van der Waals surface area contributed by atoms with Gasteiger partial charge < -0.3 is 4.48 Å². The third-order valence-corrected chi connectivity index (χ3v) is 8.47. The van der Waals surface area contributed by atoms with Gasteiger partial charge in [-0.05, 0) is 12.8 Å². The molecule has 2 aliphatic heterocycles. The molecular formula is C16H31N2O2Si+. The highest BCUT2D eigenvalue weighted by Gasteiger charge is 2.53. The third-order valence-electron chi connectivity index (χ3n) is 5.26. The molecule has 0 aliphatic carbocycles. The zero-order valence-electron chi connectivity index (χ0n) is 14.4. The Morgan fingerprint density at radius 1 is 1.14 bits per heavy atom. The van der Waals surface area contributed by atoms with Crippen LogP contribution in [0.4, 0.5) is 0 Å². The van der Waals surface area contributed by atoms with Crippen LogP contribution in [0.1, 0.15) is 25.7 Å². The molecule has 2 saturated heterocycles. The van der Waals surface area contributed by atoms with Crippen LogP contribution in [0.2, 0.25) is 25.2 Å². The molecule has 0 saturated carbocycles. The van der Waals surface area contributed by atoms with Crippen molar-refractivity contribution in [1.82, 2.24) is 4.90 Å². The SMILES string of the molecule is C[N+](C)(C)CCCN1C(=O)CC2(CC[Si](C)(C)CC2)C1=O. The smallest absolute Gasteiger partial charge is 0.235 e. The van der Waals surface area contributed by atoms with Crippen LogP contribution >= 0.6 is 0 Å². The molecule has 0 radical (unpaired) electrons. The molecular weight excluding hydrogens is 280 g/mol. The summed E-state index contributed by atoms with van der Waals surface area (Å²) >= 11 is 0. The third kappa shape index (κ3) is 3.75. The summed E-state index contributed by atoms with van der Waals surface area (Å²) in [6, 6.07) is 2.39. The van der Waals surface area contributed by atoms with Crippen LogP contribution in [0.25, 0.3) is 0 Å². The molecule has 2 heterocycles. The van der Waals surface area contributed by atoms with E-state index in [1.807, 2.05) is 0 Å². The summed E-state index contributed by atoms with van der Waals surface area (Å²) in [4.78, 5) is 26.6. The lowest BCUT2D eigenvalue weighted by Crippen LogP contribution is -2.43. The Labute approximate surface area is 130 Å². The molecule has 2 fully saturated rings. The molecule has 0 atom stereocenters. The number of imide groups is 1. The van der Waals surface area contributed by atoms with Crippen molar-refractivity contribution in [2.24, 2.45) is 5.41 Å². The van der Waals surface area contributed by atoms with Crippen LogP contribution in [-0.2, 0) is 9.59 Å². The van der Waals surface area contributed by atoms with E-state index in [0.717, 1.165) is 30.3 Å². The Morgan fingerprint density at radius 3 is 2.24 bits per heavy atom. The summed E-state index contributed by atoms with van der Waals surface area (Å²) < 4.78 is 0.876. The van der Waals surface area contributed by atoms with Crippen molar-refractivity contribution in [3.05, 3.63) is 0 Å². The highest BCUT2D eigenvalue weighted by molar-refractivity contribution is 6.77. The summed E-state index contributed by atoms with van der Waals surface area (Å²) in [5, 5.41) is 0. The minimum Gasteiger partial charge on any atom is -0.331 e. The van der Waals surface area contributed by atoms with Gasteiger partial charge in [0, 0.05) is 27.5 Å². The van der Waals surface area contributed by atoms with Crippen molar-refractivity contribution in [3.63, 3.8) is 0 Å². The lowest BCUT2D eigenvalue weighted by atomic mass is 9.80. The number of amides is 2. The van der Waals surface area contributed by atoms with E-state index >= 15 is 0 Å². The van der Waals surface area contributed by atoms with E-state index in [9.17, 15) is 9.59 Å². The molecule has 21 heavy (non-hydrogen) atoms. The summed E-state index contributed by atoms with van der Waals surface area (Å²) in [7, 11) is 5.33. The van der Waals surface area contributed by atoms with Gasteiger partial charge >= 0.3 is 0 Å². The van der Waals surface area contributed by atoms with Crippen LogP contribution in [-0.4, -0.2) is 63.5 Å². The van der Waals surface area contributed by atoms with Crippen LogP contribution in [0.15, 0.2) is 0 Å². The van der Waals surface area contributed by atoms with E-state index in [-0.39, 0.29) is 17.2 Å². The van der Waals surface area contributed by atoms with Crippen molar-refractivity contribution in [2.75, 3.05) is 34.2 Å². The van der Waals surface area contributed by atoms with Gasteiger partial charge in [0.15, 0.2) is 0 Å². The standard InChI is InChI=1S/C16H31N2O2Si/c1-18(2,3)10-6-9-17-14(19)13-16(15(17)20)7-11-21(4,5)12-8-16/h6-13H2,1-5H3/q+1. The molecule has 0 aromatic rings. The average Bonchev–Trinajstić information content (AvgIpc) is 2.57. The van der Waals surface area contributed by atoms with Gasteiger partial charge in [-0.15, -0.1) is 0 Å². The first-order valence-corrected chi connectivity index (χ1v) is 11.6. The molecule has 0 unspecified atom stereocenters. The Bertz CT molecular complexity index is 430.